The van der Waals surface area contributed by atoms with Crippen molar-refractivity contribution in [2.75, 3.05) is 13.1 Å². The summed E-state index contributed by atoms with van der Waals surface area (Å²) in [6.45, 7) is 13.8. The average molecular weight is 309 g/mol. The van der Waals surface area contributed by atoms with Gasteiger partial charge in [-0.1, -0.05) is 27.7 Å². The van der Waals surface area contributed by atoms with Crippen molar-refractivity contribution >= 4 is 11.3 Å². The Morgan fingerprint density at radius 3 is 2.48 bits per heavy atom. The third-order valence-electron chi connectivity index (χ3n) is 5.24. The molecule has 0 aromatic carbocycles. The highest BCUT2D eigenvalue weighted by molar-refractivity contribution is 7.11. The molecule has 0 radical (unpaired) electrons. The number of rotatable bonds is 5. The highest BCUT2D eigenvalue weighted by atomic mass is 32.1. The molecular formula is C18H32N2S. The molecule has 0 bridgehead atoms. The zero-order valence-corrected chi connectivity index (χ0v) is 15.3. The second-order valence-corrected chi connectivity index (χ2v) is 9.26. The molecule has 1 fully saturated rings. The monoisotopic (exact) mass is 308 g/mol. The SMILES string of the molecule is CCNCC1(Cc2cnc(C)s2)CCC(C(C)(C)C)CC1. The topological polar surface area (TPSA) is 24.9 Å². The van der Waals surface area contributed by atoms with Crippen LogP contribution in [0.25, 0.3) is 0 Å². The van der Waals surface area contributed by atoms with Gasteiger partial charge < -0.3 is 5.32 Å². The normalized spacial score (nSPS) is 27.0. The summed E-state index contributed by atoms with van der Waals surface area (Å²) in [4.78, 5) is 5.92. The van der Waals surface area contributed by atoms with Crippen molar-refractivity contribution in [3.05, 3.63) is 16.1 Å². The van der Waals surface area contributed by atoms with Gasteiger partial charge in [-0.05, 0) is 62.3 Å². The van der Waals surface area contributed by atoms with Crippen molar-refractivity contribution in [1.82, 2.24) is 10.3 Å². The summed E-state index contributed by atoms with van der Waals surface area (Å²) in [6, 6.07) is 0. The van der Waals surface area contributed by atoms with Gasteiger partial charge in [0.2, 0.25) is 0 Å². The molecule has 1 aromatic heterocycles. The fourth-order valence-corrected chi connectivity index (χ4v) is 4.73. The van der Waals surface area contributed by atoms with Crippen molar-refractivity contribution in [2.24, 2.45) is 16.7 Å². The molecule has 0 amide bonds. The van der Waals surface area contributed by atoms with Crippen LogP contribution in [-0.4, -0.2) is 18.1 Å². The molecule has 1 aliphatic carbocycles. The van der Waals surface area contributed by atoms with Crippen LogP contribution in [0, 0.1) is 23.7 Å². The van der Waals surface area contributed by atoms with E-state index in [4.69, 9.17) is 0 Å². The van der Waals surface area contributed by atoms with Crippen LogP contribution >= 0.6 is 11.3 Å². The molecule has 0 saturated heterocycles. The minimum Gasteiger partial charge on any atom is -0.316 e. The van der Waals surface area contributed by atoms with E-state index in [1.165, 1.54) is 42.0 Å². The van der Waals surface area contributed by atoms with E-state index in [1.807, 2.05) is 11.3 Å². The first-order valence-electron chi connectivity index (χ1n) is 8.47. The molecule has 1 saturated carbocycles. The number of hydrogen-bond acceptors (Lipinski definition) is 3. The molecule has 0 spiro atoms. The second kappa shape index (κ2) is 6.78. The smallest absolute Gasteiger partial charge is 0.0896 e. The number of nitrogens with one attached hydrogen (secondary N) is 1. The molecular weight excluding hydrogens is 276 g/mol. The molecule has 3 heteroatoms. The maximum atomic E-state index is 4.45. The standard InChI is InChI=1S/C18H32N2S/c1-6-19-13-18(11-16-12-20-14(2)21-16)9-7-15(8-10-18)17(3,4)5/h12,15,19H,6-11,13H2,1-5H3. The molecule has 2 rings (SSSR count). The molecule has 120 valence electrons. The van der Waals surface area contributed by atoms with Crippen molar-refractivity contribution in [2.45, 2.75) is 66.7 Å². The van der Waals surface area contributed by atoms with Gasteiger partial charge in [-0.25, -0.2) is 4.98 Å². The molecule has 1 heterocycles. The summed E-state index contributed by atoms with van der Waals surface area (Å²) < 4.78 is 0. The van der Waals surface area contributed by atoms with Crippen LogP contribution in [-0.2, 0) is 6.42 Å². The van der Waals surface area contributed by atoms with E-state index in [-0.39, 0.29) is 0 Å². The molecule has 2 nitrogen and oxygen atoms in total. The summed E-state index contributed by atoms with van der Waals surface area (Å²) in [6.07, 6.45) is 8.79. The molecule has 0 atom stereocenters. The van der Waals surface area contributed by atoms with Crippen LogP contribution in [0.4, 0.5) is 0 Å². The number of aryl methyl sites for hydroxylation is 1. The van der Waals surface area contributed by atoms with E-state index in [2.05, 4.69) is 51.1 Å². The Labute approximate surface area is 134 Å². The molecule has 1 aliphatic rings. The average Bonchev–Trinajstić information content (AvgIpc) is 2.81. The number of nitrogens with zero attached hydrogens (tertiary/aromatic N) is 1. The first kappa shape index (κ1) is 17.0. The third-order valence-corrected chi connectivity index (χ3v) is 6.15. The summed E-state index contributed by atoms with van der Waals surface area (Å²) in [5.41, 5.74) is 0.919. The number of hydrogen-bond donors (Lipinski definition) is 1. The molecule has 0 unspecified atom stereocenters. The molecule has 1 N–H and O–H groups in total. The zero-order valence-electron chi connectivity index (χ0n) is 14.5. The van der Waals surface area contributed by atoms with E-state index in [0.29, 0.717) is 10.8 Å². The lowest BCUT2D eigenvalue weighted by Gasteiger charge is -2.44. The van der Waals surface area contributed by atoms with Gasteiger partial charge >= 0.3 is 0 Å². The highest BCUT2D eigenvalue weighted by Gasteiger charge is 2.38. The summed E-state index contributed by atoms with van der Waals surface area (Å²) in [5.74, 6) is 0.885. The van der Waals surface area contributed by atoms with Gasteiger partial charge in [-0.3, -0.25) is 0 Å². The van der Waals surface area contributed by atoms with Gasteiger partial charge in [0.05, 0.1) is 5.01 Å². The minimum absolute atomic E-state index is 0.455. The summed E-state index contributed by atoms with van der Waals surface area (Å²) >= 11 is 1.88. The molecule has 1 aromatic rings. The van der Waals surface area contributed by atoms with Gasteiger partial charge in [0, 0.05) is 17.6 Å². The lowest BCUT2D eigenvalue weighted by Crippen LogP contribution is -2.41. The van der Waals surface area contributed by atoms with Crippen LogP contribution < -0.4 is 5.32 Å². The quantitative estimate of drug-likeness (QED) is 0.843. The van der Waals surface area contributed by atoms with Crippen LogP contribution in [0.1, 0.15) is 63.3 Å². The Bertz CT molecular complexity index is 436. The molecule has 0 aliphatic heterocycles. The Morgan fingerprint density at radius 2 is 2.00 bits per heavy atom. The van der Waals surface area contributed by atoms with Gasteiger partial charge in [0.15, 0.2) is 0 Å². The van der Waals surface area contributed by atoms with E-state index in [1.54, 1.807) is 0 Å². The fraction of sp³-hybridized carbons (Fsp3) is 0.833. The van der Waals surface area contributed by atoms with Crippen LogP contribution in [0.3, 0.4) is 0 Å². The Kier molecular flexibility index (Phi) is 5.48. The predicted octanol–water partition coefficient (Wildman–Crippen LogP) is 4.83. The van der Waals surface area contributed by atoms with E-state index >= 15 is 0 Å². The third kappa shape index (κ3) is 4.53. The Morgan fingerprint density at radius 1 is 1.33 bits per heavy atom. The summed E-state index contributed by atoms with van der Waals surface area (Å²) in [5, 5.41) is 4.82. The minimum atomic E-state index is 0.455. The lowest BCUT2D eigenvalue weighted by molar-refractivity contribution is 0.0871. The van der Waals surface area contributed by atoms with Crippen LogP contribution in [0.15, 0.2) is 6.20 Å². The fourth-order valence-electron chi connectivity index (χ4n) is 3.76. The van der Waals surface area contributed by atoms with E-state index < -0.39 is 0 Å². The molecule has 21 heavy (non-hydrogen) atoms. The predicted molar refractivity (Wildman–Crippen MR) is 92.9 cm³/mol. The largest absolute Gasteiger partial charge is 0.316 e. The first-order valence-corrected chi connectivity index (χ1v) is 9.28. The van der Waals surface area contributed by atoms with Crippen molar-refractivity contribution in [3.63, 3.8) is 0 Å². The van der Waals surface area contributed by atoms with Crippen molar-refractivity contribution in [1.29, 1.82) is 0 Å². The van der Waals surface area contributed by atoms with Crippen molar-refractivity contribution < 1.29 is 0 Å². The van der Waals surface area contributed by atoms with Gasteiger partial charge in [0.1, 0.15) is 0 Å². The van der Waals surface area contributed by atoms with E-state index in [9.17, 15) is 0 Å². The Hall–Kier alpha value is -0.410. The van der Waals surface area contributed by atoms with Crippen LogP contribution in [0.2, 0.25) is 0 Å². The summed E-state index contributed by atoms with van der Waals surface area (Å²) in [7, 11) is 0. The zero-order chi connectivity index (χ0) is 15.5. The van der Waals surface area contributed by atoms with Crippen LogP contribution in [0.5, 0.6) is 0 Å². The maximum absolute atomic E-state index is 4.45. The second-order valence-electron chi connectivity index (χ2n) is 7.94. The van der Waals surface area contributed by atoms with Gasteiger partial charge in [-0.15, -0.1) is 11.3 Å². The number of aromatic nitrogens is 1. The van der Waals surface area contributed by atoms with Gasteiger partial charge in [-0.2, -0.15) is 0 Å². The number of thiazole rings is 1. The maximum Gasteiger partial charge on any atom is 0.0896 e. The Balaban J connectivity index is 2.05. The first-order chi connectivity index (χ1) is 9.85. The lowest BCUT2D eigenvalue weighted by atomic mass is 9.63. The van der Waals surface area contributed by atoms with E-state index in [0.717, 1.165) is 19.0 Å². The van der Waals surface area contributed by atoms with Gasteiger partial charge in [0.25, 0.3) is 0 Å². The highest BCUT2D eigenvalue weighted by Crippen LogP contribution is 2.47. The van der Waals surface area contributed by atoms with Crippen molar-refractivity contribution in [3.8, 4) is 0 Å².